The summed E-state index contributed by atoms with van der Waals surface area (Å²) in [4.78, 5) is 49.9. The Bertz CT molecular complexity index is 1760. The molecule has 0 bridgehead atoms. The van der Waals surface area contributed by atoms with Gasteiger partial charge in [0.05, 0.1) is 6.42 Å². The number of carbonyl (C=O) groups excluding carboxylic acids is 3. The van der Waals surface area contributed by atoms with Gasteiger partial charge in [-0.05, 0) is 30.2 Å². The fourth-order valence-electron chi connectivity index (χ4n) is 4.09. The molecule has 254 valence electrons. The highest BCUT2D eigenvalue weighted by atomic mass is 19.2. The number of ketones is 1. The van der Waals surface area contributed by atoms with Crippen molar-refractivity contribution in [1.29, 1.82) is 0 Å². The second-order valence-electron chi connectivity index (χ2n) is 10.3. The molecule has 0 saturated heterocycles. The van der Waals surface area contributed by atoms with Gasteiger partial charge < -0.3 is 20.5 Å². The first-order valence-corrected chi connectivity index (χ1v) is 14.8. The van der Waals surface area contributed by atoms with E-state index in [4.69, 9.17) is 0 Å². The first-order valence-electron chi connectivity index (χ1n) is 14.8. The topological polar surface area (TPSA) is 122 Å². The number of rotatable bonds is 11. The van der Waals surface area contributed by atoms with E-state index in [-0.39, 0.29) is 11.6 Å². The first-order chi connectivity index (χ1) is 23.5. The number of allylic oxidation sites excluding steroid dienone is 10. The number of ether oxygens (including phenoxy) is 1. The van der Waals surface area contributed by atoms with E-state index < -0.39 is 77.7 Å². The molecule has 3 N–H and O–H groups in total. The van der Waals surface area contributed by atoms with Gasteiger partial charge >= 0.3 is 5.97 Å². The zero-order valence-electron chi connectivity index (χ0n) is 26.1. The number of carboxylic acids is 1. The van der Waals surface area contributed by atoms with Crippen LogP contribution in [0.3, 0.4) is 0 Å². The Kier molecular flexibility index (Phi) is 14.5. The maximum Gasteiger partial charge on any atom is 0.305 e. The van der Waals surface area contributed by atoms with Crippen molar-refractivity contribution in [3.8, 4) is 5.75 Å². The van der Waals surface area contributed by atoms with Gasteiger partial charge in [0.15, 0.2) is 23.2 Å². The van der Waals surface area contributed by atoms with Gasteiger partial charge in [-0.25, -0.2) is 8.78 Å². The number of benzene rings is 1. The maximum absolute atomic E-state index is 13.9. The number of carboxylic acid groups (broad SMARTS) is 1. The molecule has 0 aliphatic heterocycles. The summed E-state index contributed by atoms with van der Waals surface area (Å²) in [5.74, 6) is -13.2. The summed E-state index contributed by atoms with van der Waals surface area (Å²) in [6.07, 6.45) is 16.1. The third kappa shape index (κ3) is 11.9. The predicted molar refractivity (Wildman–Crippen MR) is 175 cm³/mol. The Morgan fingerprint density at radius 1 is 0.755 bits per heavy atom. The molecule has 0 fully saturated rings. The van der Waals surface area contributed by atoms with E-state index in [0.717, 1.165) is 11.1 Å². The van der Waals surface area contributed by atoms with Gasteiger partial charge in [-0.2, -0.15) is 8.78 Å². The van der Waals surface area contributed by atoms with Crippen molar-refractivity contribution < 1.29 is 46.6 Å². The number of aliphatic carboxylic acids is 1. The van der Waals surface area contributed by atoms with Crippen LogP contribution in [0, 0.1) is 23.3 Å². The number of amides is 2. The van der Waals surface area contributed by atoms with E-state index in [0.29, 0.717) is 0 Å². The van der Waals surface area contributed by atoms with Gasteiger partial charge in [0.1, 0.15) is 18.7 Å². The summed E-state index contributed by atoms with van der Waals surface area (Å²) in [5.41, 5.74) is 2.03. The second-order valence-corrected chi connectivity index (χ2v) is 10.3. The molecule has 2 aromatic carbocycles. The molecule has 2 atom stereocenters. The Morgan fingerprint density at radius 3 is 1.94 bits per heavy atom. The summed E-state index contributed by atoms with van der Waals surface area (Å²) < 4.78 is 59.3. The van der Waals surface area contributed by atoms with Crippen molar-refractivity contribution in [1.82, 2.24) is 10.6 Å². The van der Waals surface area contributed by atoms with E-state index >= 15 is 0 Å². The molecular formula is C37H32F4N2O6. The molecule has 49 heavy (non-hydrogen) atoms. The molecule has 1 aliphatic rings. The van der Waals surface area contributed by atoms with E-state index in [1.54, 1.807) is 36.5 Å². The third-order valence-corrected chi connectivity index (χ3v) is 6.62. The molecule has 2 amide bonds. The van der Waals surface area contributed by atoms with Crippen LogP contribution in [0.4, 0.5) is 17.6 Å². The Hall–Kier alpha value is -6.04. The highest BCUT2D eigenvalue weighted by Gasteiger charge is 2.28. The van der Waals surface area contributed by atoms with Crippen LogP contribution < -0.4 is 15.4 Å². The van der Waals surface area contributed by atoms with Crippen LogP contribution in [0.25, 0.3) is 5.57 Å². The van der Waals surface area contributed by atoms with Gasteiger partial charge in [0.25, 0.3) is 5.91 Å². The molecule has 0 spiro atoms. The van der Waals surface area contributed by atoms with Gasteiger partial charge in [0, 0.05) is 11.6 Å². The highest BCUT2D eigenvalue weighted by Crippen LogP contribution is 2.26. The Morgan fingerprint density at radius 2 is 1.33 bits per heavy atom. The van der Waals surface area contributed by atoms with E-state index in [9.17, 15) is 41.8 Å². The molecule has 12 heteroatoms. The van der Waals surface area contributed by atoms with Crippen LogP contribution in [0.1, 0.15) is 18.9 Å². The number of hydrogen-bond donors (Lipinski definition) is 3. The van der Waals surface area contributed by atoms with Crippen LogP contribution in [0.15, 0.2) is 127 Å². The van der Waals surface area contributed by atoms with E-state index in [2.05, 4.69) is 15.4 Å². The van der Waals surface area contributed by atoms with Crippen LogP contribution in [0.5, 0.6) is 5.75 Å². The lowest BCUT2D eigenvalue weighted by Gasteiger charge is -2.20. The zero-order chi connectivity index (χ0) is 35.8. The lowest BCUT2D eigenvalue weighted by molar-refractivity contribution is -0.140. The number of halogens is 4. The SMILES string of the molecule is C[C@H](NC(=O)C1=C/C=C\C=C/C(c2ccccccccc2)=C\C=C/C=C\1)C(=O)NC(CC(=O)O)C(=O)COc1c(F)c(F)cc(F)c1F. The van der Waals surface area contributed by atoms with Crippen molar-refractivity contribution in [2.45, 2.75) is 25.4 Å². The molecule has 3 rings (SSSR count). The van der Waals surface area contributed by atoms with Gasteiger partial charge in [-0.3, -0.25) is 19.2 Å². The van der Waals surface area contributed by atoms with Crippen molar-refractivity contribution in [2.24, 2.45) is 0 Å². The highest BCUT2D eigenvalue weighted by molar-refractivity contribution is 6.00. The largest absolute Gasteiger partial charge is 0.481 e. The molecule has 2 aromatic rings. The number of hydrogen-bond acceptors (Lipinski definition) is 5. The molecule has 8 nitrogen and oxygen atoms in total. The van der Waals surface area contributed by atoms with E-state index in [1.165, 1.54) is 19.1 Å². The summed E-state index contributed by atoms with van der Waals surface area (Å²) in [7, 11) is 0. The molecule has 0 heterocycles. The third-order valence-electron chi connectivity index (χ3n) is 6.62. The number of Topliss-reactive ketones (excluding diaryl/α,β-unsaturated/α-hetero) is 1. The minimum absolute atomic E-state index is 0.0560. The first kappa shape index (κ1) is 37.4. The summed E-state index contributed by atoms with van der Waals surface area (Å²) >= 11 is 0. The van der Waals surface area contributed by atoms with Crippen LogP contribution in [-0.2, 0) is 19.2 Å². The molecule has 0 radical (unpaired) electrons. The molecule has 0 saturated carbocycles. The summed E-state index contributed by atoms with van der Waals surface area (Å²) in [5, 5.41) is 13.8. The maximum atomic E-state index is 13.9. The van der Waals surface area contributed by atoms with Gasteiger partial charge in [-0.1, -0.05) is 103 Å². The molecule has 0 aromatic heterocycles. The quantitative estimate of drug-likeness (QED) is 0.198. The smallest absolute Gasteiger partial charge is 0.305 e. The normalized spacial score (nSPS) is 18.5. The Labute approximate surface area is 279 Å². The minimum atomic E-state index is -1.90. The fraction of sp³-hybridized carbons (Fsp3) is 0.135. The lowest BCUT2D eigenvalue weighted by atomic mass is 10.1. The molecule has 1 aliphatic carbocycles. The average Bonchev–Trinajstić information content (AvgIpc) is 3.05. The van der Waals surface area contributed by atoms with Crippen LogP contribution in [0.2, 0.25) is 0 Å². The van der Waals surface area contributed by atoms with Crippen molar-refractivity contribution in [2.75, 3.05) is 6.61 Å². The lowest BCUT2D eigenvalue weighted by Crippen LogP contribution is -2.51. The average molecular weight is 677 g/mol. The van der Waals surface area contributed by atoms with Crippen molar-refractivity contribution in [3.05, 3.63) is 156 Å². The van der Waals surface area contributed by atoms with E-state index in [1.807, 2.05) is 66.7 Å². The van der Waals surface area contributed by atoms with Crippen molar-refractivity contribution >= 4 is 29.1 Å². The summed E-state index contributed by atoms with van der Waals surface area (Å²) in [6.45, 7) is 0.0407. The van der Waals surface area contributed by atoms with Gasteiger partial charge in [0.2, 0.25) is 17.5 Å². The second kappa shape index (κ2) is 18.9. The molecule has 1 unspecified atom stereocenters. The van der Waals surface area contributed by atoms with Crippen molar-refractivity contribution in [3.63, 3.8) is 0 Å². The Balaban J connectivity index is 1.68. The standard InChI is InChI=1S/C37H32F4N2O6/c1-24(36(47)43-30(22-32(45)46)31(44)23-49-35-33(40)28(38)21-29(39)34(35)41)42-37(48)27-19-13-7-11-17-26(18-12-8-14-20-27)25-15-9-5-3-2-4-6-10-16-25/h2-21,24,30H,22-23H2,1H3,(H,42,48)(H,43,47)(H,45,46)/b3-2?,4-2?,5-3?,6-4?,9-5?,10-6?,11-7-,12-8?,13-7?,14-8-,15-9?,16-10?,17-11?,18-12-,19-13-,20-14?,25-15?,25-16?,26-17+,26-18?,27-19?,27-20+/t24-,30?/m0/s1. The number of nitrogens with one attached hydrogen (secondary N) is 2. The van der Waals surface area contributed by atoms with Crippen LogP contribution >= 0.6 is 0 Å². The number of carbonyl (C=O) groups is 4. The van der Waals surface area contributed by atoms with Crippen LogP contribution in [-0.4, -0.2) is 47.4 Å². The predicted octanol–water partition coefficient (Wildman–Crippen LogP) is 6.03. The fourth-order valence-corrected chi connectivity index (χ4v) is 4.09. The minimum Gasteiger partial charge on any atom is -0.481 e. The zero-order valence-corrected chi connectivity index (χ0v) is 26.1. The summed E-state index contributed by atoms with van der Waals surface area (Å²) in [6, 6.07) is 14.3. The van der Waals surface area contributed by atoms with Gasteiger partial charge in [-0.15, -0.1) is 0 Å². The molecular weight excluding hydrogens is 644 g/mol. The monoisotopic (exact) mass is 676 g/mol.